The van der Waals surface area contributed by atoms with Crippen LogP contribution in [0.1, 0.15) is 67.0 Å². The van der Waals surface area contributed by atoms with E-state index in [9.17, 15) is 14.4 Å². The highest BCUT2D eigenvalue weighted by Gasteiger charge is 2.34. The lowest BCUT2D eigenvalue weighted by molar-refractivity contribution is 0.0361. The summed E-state index contributed by atoms with van der Waals surface area (Å²) in [5.41, 5.74) is 4.11. The molecule has 1 aromatic rings. The normalized spacial score (nSPS) is 17.2. The van der Waals surface area contributed by atoms with Crippen LogP contribution in [-0.2, 0) is 14.2 Å². The standard InChI is InChI=1S/C27H42N4O8/c1-35-20-18-21-22(39-25(32)24(21)23(19-20)36-2)10-8-6-4-5-7-9-12-30-13-15-31(16-14-30)29-27(34)38-17-11-28-26(33)37-3/h18-19,22H,4-17H2,1-3H3,(H,28,33)(H,29,34)/t22-/m1/s1. The molecule has 0 saturated carbocycles. The van der Waals surface area contributed by atoms with Crippen molar-refractivity contribution < 1.29 is 38.1 Å². The van der Waals surface area contributed by atoms with Gasteiger partial charge in [0.1, 0.15) is 29.8 Å². The number of methoxy groups -OCH3 is 3. The third-order valence-corrected chi connectivity index (χ3v) is 6.96. The number of hydrazine groups is 1. The first-order valence-electron chi connectivity index (χ1n) is 13.6. The molecule has 39 heavy (non-hydrogen) atoms. The van der Waals surface area contributed by atoms with Crippen molar-refractivity contribution in [2.45, 2.75) is 51.0 Å². The van der Waals surface area contributed by atoms with Crippen LogP contribution in [0.4, 0.5) is 9.59 Å². The third-order valence-electron chi connectivity index (χ3n) is 6.96. The van der Waals surface area contributed by atoms with Crippen molar-refractivity contribution in [3.05, 3.63) is 23.3 Å². The van der Waals surface area contributed by atoms with Gasteiger partial charge in [0.25, 0.3) is 0 Å². The summed E-state index contributed by atoms with van der Waals surface area (Å²) in [6, 6.07) is 3.59. The highest BCUT2D eigenvalue weighted by molar-refractivity contribution is 5.97. The van der Waals surface area contributed by atoms with E-state index < -0.39 is 12.2 Å². The van der Waals surface area contributed by atoms with Crippen LogP contribution in [0.2, 0.25) is 0 Å². The molecule has 0 aliphatic carbocycles. The van der Waals surface area contributed by atoms with Crippen LogP contribution < -0.4 is 20.2 Å². The van der Waals surface area contributed by atoms with Gasteiger partial charge in [-0.05, 0) is 31.9 Å². The van der Waals surface area contributed by atoms with Gasteiger partial charge in [0.05, 0.1) is 27.9 Å². The summed E-state index contributed by atoms with van der Waals surface area (Å²) < 4.78 is 25.8. The molecular formula is C27H42N4O8. The van der Waals surface area contributed by atoms with Gasteiger partial charge in [-0.1, -0.05) is 25.7 Å². The molecule has 0 spiro atoms. The van der Waals surface area contributed by atoms with Crippen molar-refractivity contribution in [2.24, 2.45) is 0 Å². The first kappa shape index (κ1) is 30.3. The summed E-state index contributed by atoms with van der Waals surface area (Å²) >= 11 is 0. The number of hydrogen-bond donors (Lipinski definition) is 2. The van der Waals surface area contributed by atoms with Crippen molar-refractivity contribution in [3.63, 3.8) is 0 Å². The monoisotopic (exact) mass is 550 g/mol. The van der Waals surface area contributed by atoms with Gasteiger partial charge in [-0.25, -0.2) is 19.4 Å². The Morgan fingerprint density at radius 2 is 1.67 bits per heavy atom. The number of amides is 2. The molecule has 0 bridgehead atoms. The van der Waals surface area contributed by atoms with E-state index in [1.807, 2.05) is 11.1 Å². The van der Waals surface area contributed by atoms with Crippen molar-refractivity contribution in [2.75, 3.05) is 67.2 Å². The minimum atomic E-state index is -0.557. The number of rotatable bonds is 15. The number of alkyl carbamates (subject to hydrolysis) is 1. The molecule has 218 valence electrons. The summed E-state index contributed by atoms with van der Waals surface area (Å²) in [7, 11) is 4.42. The van der Waals surface area contributed by atoms with E-state index in [1.54, 1.807) is 20.3 Å². The molecule has 12 heteroatoms. The Bertz CT molecular complexity index is 952. The fourth-order valence-corrected chi connectivity index (χ4v) is 4.81. The number of nitrogens with zero attached hydrogens (tertiary/aromatic N) is 2. The Labute approximate surface area is 230 Å². The fraction of sp³-hybridized carbons (Fsp3) is 0.667. The van der Waals surface area contributed by atoms with Crippen LogP contribution in [0.5, 0.6) is 11.5 Å². The average Bonchev–Trinajstić information content (AvgIpc) is 3.27. The molecule has 0 aromatic heterocycles. The van der Waals surface area contributed by atoms with Crippen molar-refractivity contribution in [1.82, 2.24) is 20.7 Å². The number of fused-ring (bicyclic) bond motifs is 1. The Kier molecular flexibility index (Phi) is 12.4. The van der Waals surface area contributed by atoms with Crippen molar-refractivity contribution in [1.29, 1.82) is 0 Å². The molecule has 0 unspecified atom stereocenters. The van der Waals surface area contributed by atoms with Crippen LogP contribution in [0.25, 0.3) is 0 Å². The molecule has 1 atom stereocenters. The summed E-state index contributed by atoms with van der Waals surface area (Å²) in [4.78, 5) is 37.6. The predicted molar refractivity (Wildman–Crippen MR) is 143 cm³/mol. The van der Waals surface area contributed by atoms with Gasteiger partial charge in [-0.2, -0.15) is 0 Å². The summed E-state index contributed by atoms with van der Waals surface area (Å²) in [5.74, 6) is 0.839. The van der Waals surface area contributed by atoms with Gasteiger partial charge >= 0.3 is 18.2 Å². The van der Waals surface area contributed by atoms with E-state index in [4.69, 9.17) is 18.9 Å². The Hall–Kier alpha value is -3.25. The minimum Gasteiger partial charge on any atom is -0.497 e. The van der Waals surface area contributed by atoms with Gasteiger partial charge in [-0.15, -0.1) is 0 Å². The lowest BCUT2D eigenvalue weighted by Gasteiger charge is -2.34. The topological polar surface area (TPSA) is 128 Å². The number of carbonyl (C=O) groups is 3. The quantitative estimate of drug-likeness (QED) is 0.191. The zero-order valence-corrected chi connectivity index (χ0v) is 23.3. The van der Waals surface area contributed by atoms with E-state index in [0.29, 0.717) is 17.1 Å². The molecular weight excluding hydrogens is 508 g/mol. The second-order valence-electron chi connectivity index (χ2n) is 9.59. The summed E-state index contributed by atoms with van der Waals surface area (Å²) in [6.45, 7) is 4.58. The Balaban J connectivity index is 1.20. The smallest absolute Gasteiger partial charge is 0.421 e. The van der Waals surface area contributed by atoms with Crippen molar-refractivity contribution >= 4 is 18.2 Å². The summed E-state index contributed by atoms with van der Waals surface area (Å²) in [5, 5.41) is 4.31. The molecule has 1 fully saturated rings. The Morgan fingerprint density at radius 1 is 0.949 bits per heavy atom. The van der Waals surface area contributed by atoms with Gasteiger partial charge in [-0.3, -0.25) is 5.43 Å². The first-order chi connectivity index (χ1) is 18.9. The maximum Gasteiger partial charge on any atom is 0.421 e. The Morgan fingerprint density at radius 3 is 2.36 bits per heavy atom. The second kappa shape index (κ2) is 16.0. The number of ether oxygens (including phenoxy) is 5. The largest absolute Gasteiger partial charge is 0.497 e. The molecule has 1 saturated heterocycles. The van der Waals surface area contributed by atoms with E-state index in [0.717, 1.165) is 70.4 Å². The van der Waals surface area contributed by atoms with Gasteiger partial charge < -0.3 is 33.9 Å². The average molecular weight is 551 g/mol. The lowest BCUT2D eigenvalue weighted by atomic mass is 9.99. The zero-order chi connectivity index (χ0) is 28.0. The highest BCUT2D eigenvalue weighted by Crippen LogP contribution is 2.41. The fourth-order valence-electron chi connectivity index (χ4n) is 4.81. The molecule has 12 nitrogen and oxygen atoms in total. The van der Waals surface area contributed by atoms with Crippen LogP contribution in [-0.4, -0.2) is 95.3 Å². The molecule has 2 aliphatic rings. The molecule has 1 aromatic carbocycles. The van der Waals surface area contributed by atoms with E-state index in [-0.39, 0.29) is 25.2 Å². The lowest BCUT2D eigenvalue weighted by Crippen LogP contribution is -2.53. The zero-order valence-electron chi connectivity index (χ0n) is 23.3. The number of esters is 1. The van der Waals surface area contributed by atoms with E-state index in [1.165, 1.54) is 20.0 Å². The van der Waals surface area contributed by atoms with Gasteiger partial charge in [0.2, 0.25) is 0 Å². The molecule has 2 aliphatic heterocycles. The maximum atomic E-state index is 12.3. The molecule has 2 amide bonds. The highest BCUT2D eigenvalue weighted by atomic mass is 16.6. The van der Waals surface area contributed by atoms with Crippen LogP contribution in [0.3, 0.4) is 0 Å². The maximum absolute atomic E-state index is 12.3. The number of piperazine rings is 1. The number of cyclic esters (lactones) is 1. The number of hydrogen-bond acceptors (Lipinski definition) is 10. The minimum absolute atomic E-state index is 0.0767. The van der Waals surface area contributed by atoms with E-state index >= 15 is 0 Å². The molecule has 2 heterocycles. The number of benzene rings is 1. The van der Waals surface area contributed by atoms with Crippen LogP contribution in [0, 0.1) is 0 Å². The van der Waals surface area contributed by atoms with Gasteiger partial charge in [0, 0.05) is 37.8 Å². The molecule has 2 N–H and O–H groups in total. The predicted octanol–water partition coefficient (Wildman–Crippen LogP) is 3.26. The number of carbonyl (C=O) groups excluding carboxylic acids is 3. The van der Waals surface area contributed by atoms with Crippen LogP contribution in [0.15, 0.2) is 12.1 Å². The molecule has 3 rings (SSSR count). The summed E-state index contributed by atoms with van der Waals surface area (Å²) in [6.07, 6.45) is 6.24. The third kappa shape index (κ3) is 9.47. The molecule has 0 radical (unpaired) electrons. The van der Waals surface area contributed by atoms with Gasteiger partial charge in [0.15, 0.2) is 0 Å². The van der Waals surface area contributed by atoms with Crippen LogP contribution >= 0.6 is 0 Å². The number of nitrogens with one attached hydrogen (secondary N) is 2. The van der Waals surface area contributed by atoms with E-state index in [2.05, 4.69) is 20.4 Å². The van der Waals surface area contributed by atoms with Crippen molar-refractivity contribution in [3.8, 4) is 11.5 Å². The SMILES string of the molecule is COC(=O)NCCOC(=O)NN1CCN(CCCCCCCC[C@H]2OC(=O)c3c(OC)cc(OC)cc32)CC1. The second-order valence-corrected chi connectivity index (χ2v) is 9.59. The number of unbranched alkanes of at least 4 members (excludes halogenated alkanes) is 5. The first-order valence-corrected chi connectivity index (χ1v) is 13.6.